The van der Waals surface area contributed by atoms with E-state index in [9.17, 15) is 4.79 Å². The van der Waals surface area contributed by atoms with Gasteiger partial charge in [0.1, 0.15) is 18.0 Å². The van der Waals surface area contributed by atoms with E-state index in [4.69, 9.17) is 4.74 Å². The van der Waals surface area contributed by atoms with E-state index in [-0.39, 0.29) is 24.2 Å². The molecule has 148 valence electrons. The Morgan fingerprint density at radius 2 is 2.11 bits per heavy atom. The number of hydrogen-bond donors (Lipinski definition) is 2. The van der Waals surface area contributed by atoms with Gasteiger partial charge in [-0.1, -0.05) is 6.07 Å². The van der Waals surface area contributed by atoms with Gasteiger partial charge in [0.25, 0.3) is 0 Å². The summed E-state index contributed by atoms with van der Waals surface area (Å²) < 4.78 is 7.79. The zero-order chi connectivity index (χ0) is 18.6. The van der Waals surface area contributed by atoms with Gasteiger partial charge in [0.2, 0.25) is 5.91 Å². The predicted octanol–water partition coefficient (Wildman–Crippen LogP) is 3.66. The number of hydrogen-bond acceptors (Lipinski definition) is 4. The number of benzene rings is 1. The minimum atomic E-state index is 0. The SMILES string of the molecule is C[C@H]1C[C@@H](C(=O)Nc2ccc(OCc3cn4ccccc4n3)cc2)CCN1.Cl. The Hall–Kier alpha value is -2.57. The van der Waals surface area contributed by atoms with Crippen LogP contribution < -0.4 is 15.4 Å². The van der Waals surface area contributed by atoms with E-state index in [1.807, 2.05) is 59.3 Å². The number of carbonyl (C=O) groups excluding carboxylic acids is 1. The lowest BCUT2D eigenvalue weighted by atomic mass is 9.92. The summed E-state index contributed by atoms with van der Waals surface area (Å²) in [6.07, 6.45) is 5.69. The van der Waals surface area contributed by atoms with E-state index >= 15 is 0 Å². The van der Waals surface area contributed by atoms with Gasteiger partial charge in [-0.05, 0) is 62.7 Å². The monoisotopic (exact) mass is 400 g/mol. The molecule has 2 N–H and O–H groups in total. The molecule has 0 unspecified atom stereocenters. The molecule has 1 saturated heterocycles. The minimum Gasteiger partial charge on any atom is -0.487 e. The number of pyridine rings is 1. The lowest BCUT2D eigenvalue weighted by Gasteiger charge is -2.27. The zero-order valence-electron chi connectivity index (χ0n) is 15.8. The number of nitrogens with one attached hydrogen (secondary N) is 2. The molecular weight excluding hydrogens is 376 g/mol. The summed E-state index contributed by atoms with van der Waals surface area (Å²) in [7, 11) is 0. The highest BCUT2D eigenvalue weighted by atomic mass is 35.5. The summed E-state index contributed by atoms with van der Waals surface area (Å²) in [5.41, 5.74) is 2.58. The van der Waals surface area contributed by atoms with Gasteiger partial charge in [-0.15, -0.1) is 12.4 Å². The first-order valence-corrected chi connectivity index (χ1v) is 9.37. The van der Waals surface area contributed by atoms with Crippen LogP contribution in [-0.2, 0) is 11.4 Å². The standard InChI is InChI=1S/C21H24N4O2.ClH/c1-15-12-16(9-10-22-15)21(26)24-17-5-7-19(8-6-17)27-14-18-13-25-11-3-2-4-20(25)23-18;/h2-8,11,13,15-16,22H,9-10,12,14H2,1H3,(H,24,26);1H/t15-,16-;/m0./s1. The van der Waals surface area contributed by atoms with Crippen molar-refractivity contribution in [2.75, 3.05) is 11.9 Å². The van der Waals surface area contributed by atoms with Crippen molar-refractivity contribution in [3.63, 3.8) is 0 Å². The molecule has 1 aromatic carbocycles. The number of imidazole rings is 1. The lowest BCUT2D eigenvalue weighted by Crippen LogP contribution is -2.40. The first-order valence-electron chi connectivity index (χ1n) is 9.37. The maximum Gasteiger partial charge on any atom is 0.227 e. The van der Waals surface area contributed by atoms with Gasteiger partial charge < -0.3 is 19.8 Å². The number of fused-ring (bicyclic) bond motifs is 1. The highest BCUT2D eigenvalue weighted by molar-refractivity contribution is 5.92. The fraction of sp³-hybridized carbons (Fsp3) is 0.333. The minimum absolute atomic E-state index is 0. The molecule has 7 heteroatoms. The van der Waals surface area contributed by atoms with Crippen molar-refractivity contribution in [1.82, 2.24) is 14.7 Å². The van der Waals surface area contributed by atoms with E-state index in [0.717, 1.165) is 42.2 Å². The van der Waals surface area contributed by atoms with E-state index in [1.165, 1.54) is 0 Å². The number of amides is 1. The van der Waals surface area contributed by atoms with Gasteiger partial charge in [0.15, 0.2) is 0 Å². The Labute approximate surface area is 170 Å². The van der Waals surface area contributed by atoms with E-state index < -0.39 is 0 Å². The van der Waals surface area contributed by atoms with Crippen molar-refractivity contribution in [2.45, 2.75) is 32.4 Å². The molecule has 0 bridgehead atoms. The van der Waals surface area contributed by atoms with Crippen molar-refractivity contribution in [1.29, 1.82) is 0 Å². The molecule has 0 spiro atoms. The molecule has 28 heavy (non-hydrogen) atoms. The van der Waals surface area contributed by atoms with Crippen molar-refractivity contribution in [3.8, 4) is 5.75 Å². The number of carbonyl (C=O) groups is 1. The van der Waals surface area contributed by atoms with Crippen LogP contribution in [0.4, 0.5) is 5.69 Å². The highest BCUT2D eigenvalue weighted by Crippen LogP contribution is 2.21. The fourth-order valence-electron chi connectivity index (χ4n) is 3.46. The van der Waals surface area contributed by atoms with Crippen LogP contribution in [0.2, 0.25) is 0 Å². The normalized spacial score (nSPS) is 19.0. The van der Waals surface area contributed by atoms with E-state index in [0.29, 0.717) is 12.6 Å². The first-order chi connectivity index (χ1) is 13.2. The number of aromatic nitrogens is 2. The predicted molar refractivity (Wildman–Crippen MR) is 112 cm³/mol. The second-order valence-electron chi connectivity index (χ2n) is 7.08. The maximum atomic E-state index is 12.4. The fourth-order valence-corrected chi connectivity index (χ4v) is 3.46. The molecule has 1 aliphatic rings. The smallest absolute Gasteiger partial charge is 0.227 e. The zero-order valence-corrected chi connectivity index (χ0v) is 16.6. The molecular formula is C21H25ClN4O2. The molecule has 0 radical (unpaired) electrons. The molecule has 4 rings (SSSR count). The maximum absolute atomic E-state index is 12.4. The number of halogens is 1. The Balaban J connectivity index is 0.00000225. The highest BCUT2D eigenvalue weighted by Gasteiger charge is 2.24. The topological polar surface area (TPSA) is 67.7 Å². The molecule has 1 fully saturated rings. The van der Waals surface area contributed by atoms with Gasteiger partial charge in [0, 0.05) is 30.0 Å². The molecule has 2 aromatic heterocycles. The van der Waals surface area contributed by atoms with Gasteiger partial charge in [-0.25, -0.2) is 4.98 Å². The van der Waals surface area contributed by atoms with Crippen LogP contribution in [0.25, 0.3) is 5.65 Å². The quantitative estimate of drug-likeness (QED) is 0.685. The second kappa shape index (κ2) is 9.08. The van der Waals surface area contributed by atoms with E-state index in [1.54, 1.807) is 0 Å². The van der Waals surface area contributed by atoms with Crippen molar-refractivity contribution < 1.29 is 9.53 Å². The number of ether oxygens (including phenoxy) is 1. The number of nitrogens with zero attached hydrogens (tertiary/aromatic N) is 2. The summed E-state index contributed by atoms with van der Waals surface area (Å²) in [5.74, 6) is 0.925. The first kappa shape index (κ1) is 20.2. The summed E-state index contributed by atoms with van der Waals surface area (Å²) >= 11 is 0. The Kier molecular flexibility index (Phi) is 6.54. The van der Waals surface area contributed by atoms with Gasteiger partial charge in [-0.2, -0.15) is 0 Å². The average molecular weight is 401 g/mol. The summed E-state index contributed by atoms with van der Waals surface area (Å²) in [6.45, 7) is 3.42. The van der Waals surface area contributed by atoms with Gasteiger partial charge >= 0.3 is 0 Å². The number of rotatable bonds is 5. The third-order valence-corrected chi connectivity index (χ3v) is 4.92. The van der Waals surface area contributed by atoms with Gasteiger partial charge in [0.05, 0.1) is 5.69 Å². The second-order valence-corrected chi connectivity index (χ2v) is 7.08. The Bertz CT molecular complexity index is 893. The number of anilines is 1. The van der Waals surface area contributed by atoms with Crippen molar-refractivity contribution >= 4 is 29.6 Å². The third-order valence-electron chi connectivity index (χ3n) is 4.92. The average Bonchev–Trinajstić information content (AvgIpc) is 3.10. The lowest BCUT2D eigenvalue weighted by molar-refractivity contribution is -0.120. The summed E-state index contributed by atoms with van der Waals surface area (Å²) in [6, 6.07) is 13.8. The van der Waals surface area contributed by atoms with Crippen LogP contribution in [0.15, 0.2) is 54.9 Å². The Morgan fingerprint density at radius 3 is 2.86 bits per heavy atom. The molecule has 0 aliphatic carbocycles. The Morgan fingerprint density at radius 1 is 1.29 bits per heavy atom. The largest absolute Gasteiger partial charge is 0.487 e. The molecule has 2 atom stereocenters. The molecule has 1 aliphatic heterocycles. The van der Waals surface area contributed by atoms with E-state index in [2.05, 4.69) is 22.5 Å². The van der Waals surface area contributed by atoms with Gasteiger partial charge in [-0.3, -0.25) is 4.79 Å². The van der Waals surface area contributed by atoms with Crippen LogP contribution in [0.3, 0.4) is 0 Å². The van der Waals surface area contributed by atoms with Crippen LogP contribution in [-0.4, -0.2) is 27.9 Å². The van der Waals surface area contributed by atoms with Crippen LogP contribution in [0, 0.1) is 5.92 Å². The molecule has 1 amide bonds. The molecule has 0 saturated carbocycles. The van der Waals surface area contributed by atoms with Crippen molar-refractivity contribution in [2.24, 2.45) is 5.92 Å². The van der Waals surface area contributed by atoms with Crippen molar-refractivity contribution in [3.05, 3.63) is 60.6 Å². The van der Waals surface area contributed by atoms with Crippen LogP contribution in [0.5, 0.6) is 5.75 Å². The molecule has 6 nitrogen and oxygen atoms in total. The summed E-state index contributed by atoms with van der Waals surface area (Å²) in [4.78, 5) is 16.9. The van der Waals surface area contributed by atoms with Crippen LogP contribution in [0.1, 0.15) is 25.5 Å². The third kappa shape index (κ3) is 4.82. The molecule has 3 aromatic rings. The summed E-state index contributed by atoms with van der Waals surface area (Å²) in [5, 5.41) is 6.38. The van der Waals surface area contributed by atoms with Crippen LogP contribution >= 0.6 is 12.4 Å². The molecule has 3 heterocycles. The number of piperidine rings is 1.